The van der Waals surface area contributed by atoms with Gasteiger partial charge in [0.2, 0.25) is 5.91 Å². The van der Waals surface area contributed by atoms with Gasteiger partial charge in [0.1, 0.15) is 24.7 Å². The lowest BCUT2D eigenvalue weighted by Crippen LogP contribution is -2.49. The molecular formula is C28H31FN2O3S. The minimum atomic E-state index is -0.399. The third-order valence-corrected chi connectivity index (χ3v) is 7.62. The summed E-state index contributed by atoms with van der Waals surface area (Å²) in [6.45, 7) is 6.82. The van der Waals surface area contributed by atoms with Gasteiger partial charge in [0.15, 0.2) is 0 Å². The lowest BCUT2D eigenvalue weighted by Gasteiger charge is -2.38. The molecule has 0 aliphatic carbocycles. The largest absolute Gasteiger partial charge is 0.491 e. The molecular weight excluding hydrogens is 463 g/mol. The van der Waals surface area contributed by atoms with Crippen LogP contribution in [0.5, 0.6) is 5.75 Å². The molecule has 1 aromatic heterocycles. The number of aryl methyl sites for hydroxylation is 1. The number of carbonyl (C=O) groups is 2. The third-order valence-electron chi connectivity index (χ3n) is 6.62. The van der Waals surface area contributed by atoms with E-state index in [-0.39, 0.29) is 30.4 Å². The number of carbonyl (C=O) groups excluding carboxylic acids is 2. The van der Waals surface area contributed by atoms with Crippen molar-refractivity contribution in [2.45, 2.75) is 45.7 Å². The molecule has 1 aliphatic heterocycles. The molecule has 0 saturated heterocycles. The molecule has 5 nitrogen and oxygen atoms in total. The molecule has 2 unspecified atom stereocenters. The summed E-state index contributed by atoms with van der Waals surface area (Å²) in [5, 5.41) is 2.06. The zero-order chi connectivity index (χ0) is 24.9. The number of fused-ring (bicyclic) bond motifs is 1. The predicted molar refractivity (Wildman–Crippen MR) is 136 cm³/mol. The summed E-state index contributed by atoms with van der Waals surface area (Å²) in [6.07, 6.45) is 1.49. The Kier molecular flexibility index (Phi) is 7.86. The minimum Gasteiger partial charge on any atom is -0.491 e. The van der Waals surface area contributed by atoms with Gasteiger partial charge in [0.25, 0.3) is 5.91 Å². The standard InChI is InChI=1S/C28H31FN2O3S/c1-4-20(3)31(28(33)21-7-9-22(29)10-8-21)17-27(32)30-15-13-26-24(14-16-35-26)25(30)18-34-23-11-5-19(2)6-12-23/h5-12,14,16,20,25H,4,13,15,17-18H2,1-3H3. The number of rotatable bonds is 8. The second-order valence-electron chi connectivity index (χ2n) is 8.97. The van der Waals surface area contributed by atoms with Crippen molar-refractivity contribution in [3.8, 4) is 5.75 Å². The van der Waals surface area contributed by atoms with Crippen molar-refractivity contribution in [3.63, 3.8) is 0 Å². The fraction of sp³-hybridized carbons (Fsp3) is 0.357. The van der Waals surface area contributed by atoms with Crippen LogP contribution in [0.1, 0.15) is 52.7 Å². The highest BCUT2D eigenvalue weighted by Crippen LogP contribution is 2.34. The third kappa shape index (κ3) is 5.73. The molecule has 0 N–H and O–H groups in total. The monoisotopic (exact) mass is 494 g/mol. The summed E-state index contributed by atoms with van der Waals surface area (Å²) >= 11 is 1.70. The predicted octanol–water partition coefficient (Wildman–Crippen LogP) is 5.64. The van der Waals surface area contributed by atoms with Gasteiger partial charge in [-0.1, -0.05) is 24.6 Å². The van der Waals surface area contributed by atoms with E-state index in [1.54, 1.807) is 16.2 Å². The minimum absolute atomic E-state index is 0.0360. The molecule has 0 fully saturated rings. The maximum atomic E-state index is 13.6. The Labute approximate surface area is 210 Å². The van der Waals surface area contributed by atoms with Crippen LogP contribution in [0.2, 0.25) is 0 Å². The van der Waals surface area contributed by atoms with E-state index in [0.717, 1.165) is 23.3 Å². The summed E-state index contributed by atoms with van der Waals surface area (Å²) in [7, 11) is 0. The molecule has 2 atom stereocenters. The molecule has 35 heavy (non-hydrogen) atoms. The molecule has 1 aliphatic rings. The van der Waals surface area contributed by atoms with Crippen molar-refractivity contribution in [1.29, 1.82) is 0 Å². The Morgan fingerprint density at radius 1 is 1.14 bits per heavy atom. The van der Waals surface area contributed by atoms with E-state index in [1.165, 1.54) is 29.1 Å². The molecule has 4 rings (SSSR count). The van der Waals surface area contributed by atoms with E-state index < -0.39 is 5.82 Å². The second kappa shape index (κ2) is 11.0. The van der Waals surface area contributed by atoms with E-state index in [2.05, 4.69) is 11.4 Å². The molecule has 0 radical (unpaired) electrons. The SMILES string of the molecule is CCC(C)N(CC(=O)N1CCc2sccc2C1COc1ccc(C)cc1)C(=O)c1ccc(F)cc1. The Hall–Kier alpha value is -3.19. The summed E-state index contributed by atoms with van der Waals surface area (Å²) in [5.41, 5.74) is 2.64. The van der Waals surface area contributed by atoms with Crippen LogP contribution in [0, 0.1) is 12.7 Å². The van der Waals surface area contributed by atoms with E-state index in [0.29, 0.717) is 25.1 Å². The van der Waals surface area contributed by atoms with Crippen LogP contribution in [0.15, 0.2) is 60.0 Å². The van der Waals surface area contributed by atoms with Gasteiger partial charge in [-0.2, -0.15) is 0 Å². The van der Waals surface area contributed by atoms with E-state index in [4.69, 9.17) is 4.74 Å². The number of hydrogen-bond donors (Lipinski definition) is 0. The Balaban J connectivity index is 1.54. The van der Waals surface area contributed by atoms with Crippen LogP contribution in [-0.2, 0) is 11.2 Å². The maximum absolute atomic E-state index is 13.6. The van der Waals surface area contributed by atoms with Crippen molar-refractivity contribution in [3.05, 3.63) is 87.4 Å². The number of halogens is 1. The van der Waals surface area contributed by atoms with Gasteiger partial charge in [-0.3, -0.25) is 9.59 Å². The summed E-state index contributed by atoms with van der Waals surface area (Å²) < 4.78 is 19.5. The van der Waals surface area contributed by atoms with Crippen LogP contribution < -0.4 is 4.74 Å². The first kappa shape index (κ1) is 24.9. The molecule has 2 aromatic carbocycles. The van der Waals surface area contributed by atoms with Crippen LogP contribution in [0.25, 0.3) is 0 Å². The zero-order valence-electron chi connectivity index (χ0n) is 20.4. The lowest BCUT2D eigenvalue weighted by atomic mass is 10.00. The molecule has 0 saturated carbocycles. The second-order valence-corrected chi connectivity index (χ2v) is 9.97. The number of thiophene rings is 1. The normalized spacial score (nSPS) is 15.9. The molecule has 184 valence electrons. The van der Waals surface area contributed by atoms with Crippen LogP contribution in [-0.4, -0.2) is 47.4 Å². The molecule has 0 spiro atoms. The smallest absolute Gasteiger partial charge is 0.254 e. The van der Waals surface area contributed by atoms with E-state index >= 15 is 0 Å². The molecule has 2 heterocycles. The molecule has 2 amide bonds. The van der Waals surface area contributed by atoms with Gasteiger partial charge in [0, 0.05) is 23.0 Å². The summed E-state index contributed by atoms with van der Waals surface area (Å²) in [5.74, 6) is -0.0226. The molecule has 0 bridgehead atoms. The van der Waals surface area contributed by atoms with Crippen molar-refractivity contribution in [1.82, 2.24) is 9.80 Å². The average molecular weight is 495 g/mol. The number of ether oxygens (including phenoxy) is 1. The van der Waals surface area contributed by atoms with Crippen LogP contribution >= 0.6 is 11.3 Å². The summed E-state index contributed by atoms with van der Waals surface area (Å²) in [6, 6.07) is 15.0. The Morgan fingerprint density at radius 3 is 2.54 bits per heavy atom. The van der Waals surface area contributed by atoms with Gasteiger partial charge in [0.05, 0.1) is 6.04 Å². The zero-order valence-corrected chi connectivity index (χ0v) is 21.2. The molecule has 3 aromatic rings. The number of amides is 2. The maximum Gasteiger partial charge on any atom is 0.254 e. The van der Waals surface area contributed by atoms with E-state index in [1.807, 2.05) is 49.9 Å². The fourth-order valence-electron chi connectivity index (χ4n) is 4.33. The van der Waals surface area contributed by atoms with Gasteiger partial charge in [-0.15, -0.1) is 11.3 Å². The van der Waals surface area contributed by atoms with Gasteiger partial charge in [-0.25, -0.2) is 4.39 Å². The fourth-order valence-corrected chi connectivity index (χ4v) is 5.26. The van der Waals surface area contributed by atoms with Crippen LogP contribution in [0.3, 0.4) is 0 Å². The van der Waals surface area contributed by atoms with Gasteiger partial charge in [-0.05, 0) is 80.1 Å². The number of nitrogens with zero attached hydrogens (tertiary/aromatic N) is 2. The average Bonchev–Trinajstić information content (AvgIpc) is 3.35. The van der Waals surface area contributed by atoms with E-state index in [9.17, 15) is 14.0 Å². The van der Waals surface area contributed by atoms with Crippen molar-refractivity contribution < 1.29 is 18.7 Å². The first-order valence-electron chi connectivity index (χ1n) is 12.0. The first-order chi connectivity index (χ1) is 16.9. The van der Waals surface area contributed by atoms with Crippen molar-refractivity contribution in [2.24, 2.45) is 0 Å². The Bertz CT molecular complexity index is 1160. The Morgan fingerprint density at radius 2 is 1.86 bits per heavy atom. The summed E-state index contributed by atoms with van der Waals surface area (Å²) in [4.78, 5) is 31.6. The topological polar surface area (TPSA) is 49.9 Å². The number of hydrogen-bond acceptors (Lipinski definition) is 4. The van der Waals surface area contributed by atoms with Crippen molar-refractivity contribution in [2.75, 3.05) is 19.7 Å². The van der Waals surface area contributed by atoms with Crippen LogP contribution in [0.4, 0.5) is 4.39 Å². The highest BCUT2D eigenvalue weighted by atomic mass is 32.1. The van der Waals surface area contributed by atoms with Crippen molar-refractivity contribution >= 4 is 23.2 Å². The first-order valence-corrected chi connectivity index (χ1v) is 12.9. The quantitative estimate of drug-likeness (QED) is 0.407. The highest BCUT2D eigenvalue weighted by Gasteiger charge is 2.34. The lowest BCUT2D eigenvalue weighted by molar-refractivity contribution is -0.136. The molecule has 7 heteroatoms. The van der Waals surface area contributed by atoms with Gasteiger partial charge >= 0.3 is 0 Å². The highest BCUT2D eigenvalue weighted by molar-refractivity contribution is 7.10. The van der Waals surface area contributed by atoms with Gasteiger partial charge < -0.3 is 14.5 Å². The number of benzene rings is 2.